The molecule has 1 N–H and O–H groups in total. The van der Waals surface area contributed by atoms with Crippen molar-refractivity contribution < 1.29 is 19.2 Å². The van der Waals surface area contributed by atoms with Crippen molar-refractivity contribution in [3.8, 4) is 11.1 Å². The van der Waals surface area contributed by atoms with E-state index in [2.05, 4.69) is 53.1 Å². The van der Waals surface area contributed by atoms with E-state index in [9.17, 15) is 19.2 Å². The first-order chi connectivity index (χ1) is 23.9. The van der Waals surface area contributed by atoms with Gasteiger partial charge in [0.15, 0.2) is 5.78 Å². The molecule has 4 atom stereocenters. The van der Waals surface area contributed by atoms with Gasteiger partial charge in [-0.2, -0.15) is 5.10 Å². The Bertz CT molecular complexity index is 2020. The lowest BCUT2D eigenvalue weighted by atomic mass is 9.94. The molecule has 1 aliphatic carbocycles. The quantitative estimate of drug-likeness (QED) is 0.210. The summed E-state index contributed by atoms with van der Waals surface area (Å²) in [7, 11) is 0. The van der Waals surface area contributed by atoms with Crippen LogP contribution in [-0.4, -0.2) is 108 Å². The van der Waals surface area contributed by atoms with E-state index >= 15 is 0 Å². The van der Waals surface area contributed by atoms with Crippen molar-refractivity contribution in [1.82, 2.24) is 39.4 Å². The average Bonchev–Trinajstić information content (AvgIpc) is 3.35. The smallest absolute Gasteiger partial charge is 0.248 e. The lowest BCUT2D eigenvalue weighted by Gasteiger charge is -2.36. The number of likely N-dealkylation sites (tertiary alicyclic amines) is 1. The summed E-state index contributed by atoms with van der Waals surface area (Å²) in [5.74, 6) is 0.614. The summed E-state index contributed by atoms with van der Waals surface area (Å²) in [6.07, 6.45) is 3.98. The van der Waals surface area contributed by atoms with Crippen molar-refractivity contribution in [1.29, 1.82) is 0 Å². The van der Waals surface area contributed by atoms with Gasteiger partial charge < -0.3 is 15.1 Å². The van der Waals surface area contributed by atoms with E-state index in [1.807, 2.05) is 49.1 Å². The fourth-order valence-electron chi connectivity index (χ4n) is 7.96. The normalized spacial score (nSPS) is 23.2. The molecule has 3 aromatic heterocycles. The van der Waals surface area contributed by atoms with Gasteiger partial charge in [0.05, 0.1) is 5.52 Å². The van der Waals surface area contributed by atoms with E-state index in [0.29, 0.717) is 46.7 Å². The highest BCUT2D eigenvalue weighted by atomic mass is 79.9. The number of benzene rings is 1. The van der Waals surface area contributed by atoms with Gasteiger partial charge in [-0.15, -0.1) is 0 Å². The Morgan fingerprint density at radius 3 is 2.38 bits per heavy atom. The van der Waals surface area contributed by atoms with Gasteiger partial charge in [-0.25, -0.2) is 15.0 Å². The van der Waals surface area contributed by atoms with Crippen molar-refractivity contribution in [3.05, 3.63) is 64.4 Å². The van der Waals surface area contributed by atoms with Crippen LogP contribution in [0.3, 0.4) is 0 Å². The van der Waals surface area contributed by atoms with E-state index in [-0.39, 0.29) is 53.1 Å². The number of nitrogens with zero attached hydrogens (tertiary/aromatic N) is 8. The summed E-state index contributed by atoms with van der Waals surface area (Å²) in [5.41, 5.74) is 3.10. The first-order valence-corrected chi connectivity index (χ1v) is 17.7. The third kappa shape index (κ3) is 6.08. The summed E-state index contributed by atoms with van der Waals surface area (Å²) < 4.78 is 2.17. The molecule has 5 heterocycles. The molecule has 14 heteroatoms. The SMILES string of the molecule is CC(=O)c1nn(CC(=O)N2C3C(C)[C@@]3(CN3CCN(C(C)=O)CC3)C[C@H]2C(=O)Nc2nc(Br)ccc2C)c2ccc(-c3cnc(C)nc3)cc12. The van der Waals surface area contributed by atoms with Crippen LogP contribution < -0.4 is 5.32 Å². The number of amides is 3. The van der Waals surface area contributed by atoms with E-state index in [1.165, 1.54) is 6.92 Å². The number of nitrogens with one attached hydrogen (secondary N) is 1. The molecule has 1 aromatic carbocycles. The number of halogens is 1. The third-order valence-corrected chi connectivity index (χ3v) is 11.2. The Hall–Kier alpha value is -4.56. The first-order valence-electron chi connectivity index (χ1n) is 16.9. The van der Waals surface area contributed by atoms with Crippen LogP contribution in [0.15, 0.2) is 47.3 Å². The maximum atomic E-state index is 14.5. The van der Waals surface area contributed by atoms with Gasteiger partial charge in [0, 0.05) is 81.4 Å². The number of fused-ring (bicyclic) bond motifs is 2. The molecule has 3 fully saturated rings. The van der Waals surface area contributed by atoms with Crippen molar-refractivity contribution in [3.63, 3.8) is 0 Å². The van der Waals surface area contributed by atoms with Gasteiger partial charge in [-0.3, -0.25) is 28.8 Å². The van der Waals surface area contributed by atoms with Crippen LogP contribution in [0.5, 0.6) is 0 Å². The Kier molecular flexibility index (Phi) is 8.79. The molecule has 3 aliphatic rings. The number of rotatable bonds is 8. The van der Waals surface area contributed by atoms with Gasteiger partial charge in [-0.1, -0.05) is 19.1 Å². The van der Waals surface area contributed by atoms with Crippen molar-refractivity contribution in [2.45, 2.75) is 59.7 Å². The van der Waals surface area contributed by atoms with E-state index < -0.39 is 6.04 Å². The molecule has 2 unspecified atom stereocenters. The predicted molar refractivity (Wildman–Crippen MR) is 190 cm³/mol. The average molecular weight is 743 g/mol. The van der Waals surface area contributed by atoms with Crippen LogP contribution in [0.2, 0.25) is 0 Å². The molecule has 50 heavy (non-hydrogen) atoms. The van der Waals surface area contributed by atoms with Crippen molar-refractivity contribution in [2.24, 2.45) is 11.3 Å². The highest BCUT2D eigenvalue weighted by molar-refractivity contribution is 9.10. The molecule has 13 nitrogen and oxygen atoms in total. The van der Waals surface area contributed by atoms with Crippen LogP contribution >= 0.6 is 15.9 Å². The predicted octanol–water partition coefficient (Wildman–Crippen LogP) is 3.88. The fraction of sp³-hybridized carbons (Fsp3) is 0.444. The highest BCUT2D eigenvalue weighted by Gasteiger charge is 2.72. The van der Waals surface area contributed by atoms with Crippen LogP contribution in [-0.2, 0) is 20.9 Å². The minimum absolute atomic E-state index is 0.0748. The minimum atomic E-state index is -0.718. The molecule has 260 valence electrons. The zero-order chi connectivity index (χ0) is 35.5. The van der Waals surface area contributed by atoms with E-state index in [1.54, 1.807) is 28.9 Å². The molecular weight excluding hydrogens is 702 g/mol. The number of aromatic nitrogens is 5. The lowest BCUT2D eigenvalue weighted by Crippen LogP contribution is -2.49. The monoisotopic (exact) mass is 741 g/mol. The van der Waals surface area contributed by atoms with Gasteiger partial charge in [0.25, 0.3) is 0 Å². The molecule has 2 aliphatic heterocycles. The number of anilines is 1. The summed E-state index contributed by atoms with van der Waals surface area (Å²) in [4.78, 5) is 72.3. The molecule has 1 saturated carbocycles. The molecule has 0 bridgehead atoms. The third-order valence-electron chi connectivity index (χ3n) is 10.8. The number of hydrogen-bond acceptors (Lipinski definition) is 9. The molecule has 3 amide bonds. The number of aryl methyl sites for hydroxylation is 2. The number of pyridine rings is 1. The van der Waals surface area contributed by atoms with Crippen LogP contribution in [0.25, 0.3) is 22.0 Å². The topological polar surface area (TPSA) is 147 Å². The number of piperazine rings is 1. The van der Waals surface area contributed by atoms with Gasteiger partial charge >= 0.3 is 0 Å². The van der Waals surface area contributed by atoms with Crippen LogP contribution in [0.4, 0.5) is 5.82 Å². The Labute approximate surface area is 298 Å². The molecular formula is C36H40BrN9O4. The summed E-state index contributed by atoms with van der Waals surface area (Å²) in [6, 6.07) is 8.47. The van der Waals surface area contributed by atoms with Crippen molar-refractivity contribution >= 4 is 56.2 Å². The Balaban J connectivity index is 1.19. The summed E-state index contributed by atoms with van der Waals surface area (Å²) in [6.45, 7) is 12.3. The minimum Gasteiger partial charge on any atom is -0.340 e. The van der Waals surface area contributed by atoms with Crippen LogP contribution in [0.1, 0.15) is 49.1 Å². The Morgan fingerprint density at radius 2 is 1.70 bits per heavy atom. The Morgan fingerprint density at radius 1 is 0.980 bits per heavy atom. The number of carbonyl (C=O) groups excluding carboxylic acids is 4. The zero-order valence-corrected chi connectivity index (χ0v) is 30.4. The van der Waals surface area contributed by atoms with E-state index in [4.69, 9.17) is 0 Å². The maximum absolute atomic E-state index is 14.5. The van der Waals surface area contributed by atoms with E-state index in [0.717, 1.165) is 36.3 Å². The molecule has 2 saturated heterocycles. The second kappa shape index (κ2) is 13.0. The van der Waals surface area contributed by atoms with Crippen molar-refractivity contribution in [2.75, 3.05) is 38.0 Å². The second-order valence-electron chi connectivity index (χ2n) is 13.9. The number of ketones is 1. The zero-order valence-electron chi connectivity index (χ0n) is 28.8. The number of hydrogen-bond donors (Lipinski definition) is 1. The van der Waals surface area contributed by atoms with Gasteiger partial charge in [0.1, 0.15) is 34.5 Å². The number of Topliss-reactive ketones (excluding diaryl/α,β-unsaturated/α-hetero) is 1. The summed E-state index contributed by atoms with van der Waals surface area (Å²) in [5, 5.41) is 8.27. The molecule has 0 radical (unpaired) electrons. The molecule has 0 spiro atoms. The fourth-order valence-corrected chi connectivity index (χ4v) is 8.27. The van der Waals surface area contributed by atoms with Gasteiger partial charge in [-0.05, 0) is 71.4 Å². The van der Waals surface area contributed by atoms with Crippen LogP contribution in [0, 0.1) is 25.2 Å². The second-order valence-corrected chi connectivity index (χ2v) is 14.7. The number of piperidine rings is 1. The number of carbonyl (C=O) groups is 4. The highest BCUT2D eigenvalue weighted by Crippen LogP contribution is 2.64. The summed E-state index contributed by atoms with van der Waals surface area (Å²) >= 11 is 3.40. The largest absolute Gasteiger partial charge is 0.340 e. The lowest BCUT2D eigenvalue weighted by molar-refractivity contribution is -0.139. The first kappa shape index (κ1) is 33.9. The molecule has 7 rings (SSSR count). The van der Waals surface area contributed by atoms with Gasteiger partial charge in [0.2, 0.25) is 17.7 Å². The maximum Gasteiger partial charge on any atom is 0.248 e. The molecule has 4 aromatic rings. The standard InChI is InChI=1S/C36H40BrN9O4/c1-20-6-9-30(37)40-34(20)41-35(50)29-15-36(19-43-10-12-44(13-11-43)24(5)48)21(2)33(36)46(29)31(49)18-45-28-8-7-25(26-16-38-23(4)39-17-26)14-27(28)32(42-45)22(3)47/h6-9,14,16-17,21,29,33H,10-13,15,18-19H2,1-5H3,(H,40,41,50)/t21?,29-,33?,36-/m0/s1.